The number of nitrogens with one attached hydrogen (secondary N) is 1. The molecule has 1 aromatic heterocycles. The molecular formula is C11H22N4. The van der Waals surface area contributed by atoms with E-state index in [0.29, 0.717) is 5.92 Å². The van der Waals surface area contributed by atoms with Crippen LogP contribution in [0, 0.1) is 5.92 Å². The molecule has 0 aliphatic heterocycles. The molecule has 0 spiro atoms. The van der Waals surface area contributed by atoms with E-state index in [1.54, 1.807) is 0 Å². The molecule has 15 heavy (non-hydrogen) atoms. The number of hydrogen-bond donors (Lipinski definition) is 1. The van der Waals surface area contributed by atoms with Gasteiger partial charge in [-0.2, -0.15) is 0 Å². The highest BCUT2D eigenvalue weighted by Gasteiger charge is 2.25. The standard InChI is InChI=1S/C11H22N4/c1-6-12-11(4,5)10-14-13-8-15(10)7-9(2)3/h8-9,12H,6-7H2,1-5H3. The Hall–Kier alpha value is -0.900. The predicted molar refractivity (Wildman–Crippen MR) is 61.6 cm³/mol. The van der Waals surface area contributed by atoms with E-state index in [-0.39, 0.29) is 5.54 Å². The minimum atomic E-state index is -0.111. The molecule has 0 aliphatic carbocycles. The van der Waals surface area contributed by atoms with Gasteiger partial charge in [0.1, 0.15) is 6.33 Å². The first-order valence-corrected chi connectivity index (χ1v) is 5.60. The van der Waals surface area contributed by atoms with E-state index in [2.05, 4.69) is 54.7 Å². The average Bonchev–Trinajstić information content (AvgIpc) is 2.51. The Bertz CT molecular complexity index is 301. The zero-order chi connectivity index (χ0) is 11.5. The summed E-state index contributed by atoms with van der Waals surface area (Å²) in [4.78, 5) is 0. The summed E-state index contributed by atoms with van der Waals surface area (Å²) in [6, 6.07) is 0. The van der Waals surface area contributed by atoms with Gasteiger partial charge in [0.25, 0.3) is 0 Å². The lowest BCUT2D eigenvalue weighted by atomic mass is 10.0. The lowest BCUT2D eigenvalue weighted by Crippen LogP contribution is -2.39. The van der Waals surface area contributed by atoms with Gasteiger partial charge in [0.2, 0.25) is 0 Å². The molecule has 0 radical (unpaired) electrons. The molecule has 4 heteroatoms. The first kappa shape index (κ1) is 12.2. The van der Waals surface area contributed by atoms with Gasteiger partial charge >= 0.3 is 0 Å². The van der Waals surface area contributed by atoms with Gasteiger partial charge in [-0.25, -0.2) is 0 Å². The smallest absolute Gasteiger partial charge is 0.152 e. The number of aromatic nitrogens is 3. The lowest BCUT2D eigenvalue weighted by Gasteiger charge is -2.25. The third kappa shape index (κ3) is 3.02. The SMILES string of the molecule is CCNC(C)(C)c1nncn1CC(C)C. The molecule has 0 amide bonds. The van der Waals surface area contributed by atoms with Gasteiger partial charge in [-0.15, -0.1) is 10.2 Å². The Morgan fingerprint density at radius 3 is 2.67 bits per heavy atom. The molecule has 1 aromatic rings. The lowest BCUT2D eigenvalue weighted by molar-refractivity contribution is 0.361. The van der Waals surface area contributed by atoms with Crippen LogP contribution in [-0.2, 0) is 12.1 Å². The summed E-state index contributed by atoms with van der Waals surface area (Å²) in [5.41, 5.74) is -0.111. The van der Waals surface area contributed by atoms with Gasteiger partial charge in [0.05, 0.1) is 5.54 Å². The monoisotopic (exact) mass is 210 g/mol. The number of hydrogen-bond acceptors (Lipinski definition) is 3. The average molecular weight is 210 g/mol. The van der Waals surface area contributed by atoms with E-state index >= 15 is 0 Å². The Kier molecular flexibility index (Phi) is 3.85. The van der Waals surface area contributed by atoms with Crippen molar-refractivity contribution >= 4 is 0 Å². The molecule has 1 heterocycles. The van der Waals surface area contributed by atoms with Gasteiger partial charge in [-0.3, -0.25) is 0 Å². The normalized spacial score (nSPS) is 12.4. The molecule has 0 atom stereocenters. The highest BCUT2D eigenvalue weighted by Crippen LogP contribution is 2.17. The van der Waals surface area contributed by atoms with Crippen LogP contribution >= 0.6 is 0 Å². The summed E-state index contributed by atoms with van der Waals surface area (Å²) in [5, 5.41) is 11.6. The summed E-state index contributed by atoms with van der Waals surface area (Å²) in [6.45, 7) is 12.7. The maximum absolute atomic E-state index is 4.21. The van der Waals surface area contributed by atoms with Crippen LogP contribution in [0.25, 0.3) is 0 Å². The van der Waals surface area contributed by atoms with E-state index < -0.39 is 0 Å². The summed E-state index contributed by atoms with van der Waals surface area (Å²) < 4.78 is 2.13. The second-order valence-electron chi connectivity index (χ2n) is 4.86. The van der Waals surface area contributed by atoms with E-state index in [1.165, 1.54) is 0 Å². The fourth-order valence-electron chi connectivity index (χ4n) is 1.79. The largest absolute Gasteiger partial charge is 0.316 e. The molecule has 0 bridgehead atoms. The van der Waals surface area contributed by atoms with Crippen LogP contribution in [0.15, 0.2) is 6.33 Å². The highest BCUT2D eigenvalue weighted by atomic mass is 15.3. The highest BCUT2D eigenvalue weighted by molar-refractivity contribution is 5.02. The fraction of sp³-hybridized carbons (Fsp3) is 0.818. The van der Waals surface area contributed by atoms with E-state index in [1.807, 2.05) is 6.33 Å². The van der Waals surface area contributed by atoms with E-state index in [9.17, 15) is 0 Å². The Morgan fingerprint density at radius 2 is 2.13 bits per heavy atom. The van der Waals surface area contributed by atoms with Crippen LogP contribution in [0.4, 0.5) is 0 Å². The molecule has 0 fully saturated rings. The maximum Gasteiger partial charge on any atom is 0.152 e. The van der Waals surface area contributed by atoms with Crippen molar-refractivity contribution < 1.29 is 0 Å². The second-order valence-corrected chi connectivity index (χ2v) is 4.86. The third-order valence-corrected chi connectivity index (χ3v) is 2.36. The van der Waals surface area contributed by atoms with Crippen molar-refractivity contribution in [3.63, 3.8) is 0 Å². The first-order valence-electron chi connectivity index (χ1n) is 5.60. The summed E-state index contributed by atoms with van der Waals surface area (Å²) >= 11 is 0. The van der Waals surface area contributed by atoms with E-state index in [4.69, 9.17) is 0 Å². The topological polar surface area (TPSA) is 42.7 Å². The predicted octanol–water partition coefficient (Wildman–Crippen LogP) is 1.78. The van der Waals surface area contributed by atoms with E-state index in [0.717, 1.165) is 18.9 Å². The maximum atomic E-state index is 4.21. The Labute approximate surface area is 92.1 Å². The zero-order valence-corrected chi connectivity index (χ0v) is 10.4. The van der Waals surface area contributed by atoms with Gasteiger partial charge in [0.15, 0.2) is 5.82 Å². The van der Waals surface area contributed by atoms with Gasteiger partial charge in [0, 0.05) is 6.54 Å². The summed E-state index contributed by atoms with van der Waals surface area (Å²) in [6.07, 6.45) is 1.81. The second kappa shape index (κ2) is 4.75. The Balaban J connectivity index is 2.88. The van der Waals surface area contributed by atoms with Crippen molar-refractivity contribution in [3.05, 3.63) is 12.2 Å². The van der Waals surface area contributed by atoms with Crippen molar-refractivity contribution in [1.29, 1.82) is 0 Å². The minimum absolute atomic E-state index is 0.111. The minimum Gasteiger partial charge on any atom is -0.316 e. The molecule has 86 valence electrons. The van der Waals surface area contributed by atoms with Crippen LogP contribution in [0.1, 0.15) is 40.4 Å². The molecular weight excluding hydrogens is 188 g/mol. The van der Waals surface area contributed by atoms with Crippen LogP contribution < -0.4 is 5.32 Å². The van der Waals surface area contributed by atoms with Crippen molar-refractivity contribution in [3.8, 4) is 0 Å². The fourth-order valence-corrected chi connectivity index (χ4v) is 1.79. The Morgan fingerprint density at radius 1 is 1.47 bits per heavy atom. The van der Waals surface area contributed by atoms with Crippen LogP contribution in [0.2, 0.25) is 0 Å². The van der Waals surface area contributed by atoms with Crippen LogP contribution in [0.5, 0.6) is 0 Å². The molecule has 0 saturated heterocycles. The molecule has 0 unspecified atom stereocenters. The molecule has 4 nitrogen and oxygen atoms in total. The zero-order valence-electron chi connectivity index (χ0n) is 10.4. The van der Waals surface area contributed by atoms with Crippen molar-refractivity contribution in [2.75, 3.05) is 6.54 Å². The number of nitrogens with zero attached hydrogens (tertiary/aromatic N) is 3. The van der Waals surface area contributed by atoms with Gasteiger partial charge in [-0.05, 0) is 26.3 Å². The molecule has 0 saturated carbocycles. The molecule has 0 aliphatic rings. The quantitative estimate of drug-likeness (QED) is 0.805. The van der Waals surface area contributed by atoms with Crippen molar-refractivity contribution in [2.45, 2.75) is 46.7 Å². The van der Waals surface area contributed by atoms with Crippen molar-refractivity contribution in [1.82, 2.24) is 20.1 Å². The number of rotatable bonds is 5. The van der Waals surface area contributed by atoms with Crippen LogP contribution in [0.3, 0.4) is 0 Å². The first-order chi connectivity index (χ1) is 6.97. The molecule has 1 N–H and O–H groups in total. The van der Waals surface area contributed by atoms with Gasteiger partial charge < -0.3 is 9.88 Å². The molecule has 1 rings (SSSR count). The summed E-state index contributed by atoms with van der Waals surface area (Å²) in [7, 11) is 0. The third-order valence-electron chi connectivity index (χ3n) is 2.36. The summed E-state index contributed by atoms with van der Waals surface area (Å²) in [5.74, 6) is 1.62. The van der Waals surface area contributed by atoms with Crippen LogP contribution in [-0.4, -0.2) is 21.3 Å². The van der Waals surface area contributed by atoms with Gasteiger partial charge in [-0.1, -0.05) is 20.8 Å². The van der Waals surface area contributed by atoms with Crippen molar-refractivity contribution in [2.24, 2.45) is 5.92 Å². The molecule has 0 aromatic carbocycles.